The Labute approximate surface area is 128 Å². The van der Waals surface area contributed by atoms with Gasteiger partial charge in [-0.15, -0.1) is 0 Å². The highest BCUT2D eigenvalue weighted by Crippen LogP contribution is 2.15. The van der Waals surface area contributed by atoms with E-state index >= 15 is 0 Å². The summed E-state index contributed by atoms with van der Waals surface area (Å²) in [6, 6.07) is 9.97. The molecular weight excluding hydrogens is 278 g/mol. The second-order valence-corrected chi connectivity index (χ2v) is 5.22. The van der Waals surface area contributed by atoms with Crippen molar-refractivity contribution in [3.8, 4) is 0 Å². The molecule has 6 heteroatoms. The first kappa shape index (κ1) is 14.1. The zero-order chi connectivity index (χ0) is 15.5. The molecule has 3 aromatic rings. The van der Waals surface area contributed by atoms with Gasteiger partial charge in [-0.3, -0.25) is 4.79 Å². The van der Waals surface area contributed by atoms with Gasteiger partial charge in [0.1, 0.15) is 6.54 Å². The molecule has 0 saturated heterocycles. The molecule has 2 aromatic heterocycles. The monoisotopic (exact) mass is 295 g/mol. The molecule has 0 aliphatic rings. The Bertz CT molecular complexity index is 792. The lowest BCUT2D eigenvalue weighted by atomic mass is 10.2. The second-order valence-electron chi connectivity index (χ2n) is 5.22. The number of carbonyl (C=O) groups excluding carboxylic acids is 1. The van der Waals surface area contributed by atoms with E-state index in [9.17, 15) is 4.79 Å². The zero-order valence-electron chi connectivity index (χ0n) is 12.5. The molecule has 22 heavy (non-hydrogen) atoms. The van der Waals surface area contributed by atoms with Gasteiger partial charge in [0.2, 0.25) is 11.9 Å². The summed E-state index contributed by atoms with van der Waals surface area (Å²) in [6.45, 7) is 0.253. The molecule has 1 amide bonds. The van der Waals surface area contributed by atoms with E-state index in [2.05, 4.69) is 15.3 Å². The minimum atomic E-state index is -0.109. The molecule has 0 aliphatic carbocycles. The van der Waals surface area contributed by atoms with Crippen molar-refractivity contribution in [1.29, 1.82) is 0 Å². The third-order valence-electron chi connectivity index (χ3n) is 3.32. The maximum Gasteiger partial charge on any atom is 0.244 e. The fourth-order valence-electron chi connectivity index (χ4n) is 2.25. The maximum absolute atomic E-state index is 12.1. The topological polar surface area (TPSA) is 63.1 Å². The van der Waals surface area contributed by atoms with Gasteiger partial charge in [0.25, 0.3) is 0 Å². The van der Waals surface area contributed by atoms with Gasteiger partial charge < -0.3 is 14.8 Å². The Morgan fingerprint density at radius 2 is 1.91 bits per heavy atom. The van der Waals surface area contributed by atoms with Gasteiger partial charge >= 0.3 is 0 Å². The lowest BCUT2D eigenvalue weighted by molar-refractivity contribution is -0.116. The molecule has 0 bridgehead atoms. The largest absolute Gasteiger partial charge is 0.347 e. The third kappa shape index (κ3) is 2.90. The average Bonchev–Trinajstić information content (AvgIpc) is 2.91. The van der Waals surface area contributed by atoms with Crippen LogP contribution in [0.25, 0.3) is 10.9 Å². The van der Waals surface area contributed by atoms with Gasteiger partial charge in [-0.1, -0.05) is 18.2 Å². The number of anilines is 2. The number of nitrogens with zero attached hydrogens (tertiary/aromatic N) is 4. The number of nitrogens with one attached hydrogen (secondary N) is 1. The molecule has 1 N–H and O–H groups in total. The van der Waals surface area contributed by atoms with Crippen LogP contribution in [0.1, 0.15) is 0 Å². The van der Waals surface area contributed by atoms with Crippen LogP contribution in [-0.4, -0.2) is 34.5 Å². The van der Waals surface area contributed by atoms with E-state index < -0.39 is 0 Å². The van der Waals surface area contributed by atoms with Crippen LogP contribution >= 0.6 is 0 Å². The molecule has 0 unspecified atom stereocenters. The number of hydrogen-bond donors (Lipinski definition) is 1. The minimum Gasteiger partial charge on any atom is -0.347 e. The number of amides is 1. The smallest absolute Gasteiger partial charge is 0.244 e. The number of hydrogen-bond acceptors (Lipinski definition) is 4. The summed E-state index contributed by atoms with van der Waals surface area (Å²) in [5.74, 6) is 0.497. The normalized spacial score (nSPS) is 10.6. The van der Waals surface area contributed by atoms with Gasteiger partial charge in [0.05, 0.1) is 18.1 Å². The summed E-state index contributed by atoms with van der Waals surface area (Å²) in [5.41, 5.74) is 1.63. The van der Waals surface area contributed by atoms with E-state index in [0.29, 0.717) is 11.6 Å². The molecule has 0 spiro atoms. The third-order valence-corrected chi connectivity index (χ3v) is 3.32. The number of fused-ring (bicyclic) bond motifs is 1. The van der Waals surface area contributed by atoms with E-state index in [1.807, 2.05) is 55.2 Å². The molecule has 0 aliphatic heterocycles. The highest BCUT2D eigenvalue weighted by Gasteiger charge is 2.07. The van der Waals surface area contributed by atoms with E-state index in [-0.39, 0.29) is 12.5 Å². The fourth-order valence-corrected chi connectivity index (χ4v) is 2.25. The molecule has 2 heterocycles. The van der Waals surface area contributed by atoms with Crippen LogP contribution in [0.15, 0.2) is 48.9 Å². The Kier molecular flexibility index (Phi) is 3.74. The van der Waals surface area contributed by atoms with E-state index in [0.717, 1.165) is 10.9 Å². The van der Waals surface area contributed by atoms with Crippen LogP contribution in [0.2, 0.25) is 0 Å². The maximum atomic E-state index is 12.1. The number of para-hydroxylation sites is 1. The number of rotatable bonds is 4. The van der Waals surface area contributed by atoms with Crippen LogP contribution in [0.3, 0.4) is 0 Å². The minimum absolute atomic E-state index is 0.109. The van der Waals surface area contributed by atoms with Gasteiger partial charge in [0, 0.05) is 25.8 Å². The predicted molar refractivity (Wildman–Crippen MR) is 86.9 cm³/mol. The first-order valence-corrected chi connectivity index (χ1v) is 6.96. The molecule has 112 valence electrons. The van der Waals surface area contributed by atoms with Crippen molar-refractivity contribution < 1.29 is 4.79 Å². The summed E-state index contributed by atoms with van der Waals surface area (Å²) in [7, 11) is 3.73. The summed E-state index contributed by atoms with van der Waals surface area (Å²) in [5, 5.41) is 3.93. The molecule has 0 radical (unpaired) electrons. The van der Waals surface area contributed by atoms with Crippen molar-refractivity contribution in [3.05, 3.63) is 48.9 Å². The van der Waals surface area contributed by atoms with Crippen LogP contribution in [0, 0.1) is 0 Å². The lowest BCUT2D eigenvalue weighted by Gasteiger charge is -2.10. The Balaban J connectivity index is 1.69. The summed E-state index contributed by atoms with van der Waals surface area (Å²) >= 11 is 0. The number of carbonyl (C=O) groups is 1. The molecule has 3 rings (SSSR count). The average molecular weight is 295 g/mol. The summed E-state index contributed by atoms with van der Waals surface area (Å²) in [6.07, 6.45) is 5.12. The lowest BCUT2D eigenvalue weighted by Crippen LogP contribution is -2.19. The van der Waals surface area contributed by atoms with E-state index in [1.54, 1.807) is 17.3 Å². The first-order chi connectivity index (χ1) is 10.6. The Morgan fingerprint density at radius 3 is 2.64 bits per heavy atom. The fraction of sp³-hybridized carbons (Fsp3) is 0.188. The van der Waals surface area contributed by atoms with Gasteiger partial charge in [-0.05, 0) is 17.5 Å². The molecule has 0 saturated carbocycles. The van der Waals surface area contributed by atoms with Crippen molar-refractivity contribution in [2.75, 3.05) is 24.3 Å². The van der Waals surface area contributed by atoms with Crippen molar-refractivity contribution in [1.82, 2.24) is 14.5 Å². The van der Waals surface area contributed by atoms with Gasteiger partial charge in [-0.25, -0.2) is 9.97 Å². The van der Waals surface area contributed by atoms with Crippen molar-refractivity contribution in [2.45, 2.75) is 6.54 Å². The summed E-state index contributed by atoms with van der Waals surface area (Å²) in [4.78, 5) is 22.3. The van der Waals surface area contributed by atoms with Gasteiger partial charge in [-0.2, -0.15) is 0 Å². The second kappa shape index (κ2) is 5.85. The standard InChI is InChI=1S/C16H17N5O/c1-20(2)16-17-9-13(10-18-16)19-15(22)11-21-8-7-12-5-3-4-6-14(12)21/h3-10H,11H2,1-2H3,(H,19,22). The van der Waals surface area contributed by atoms with Crippen molar-refractivity contribution >= 4 is 28.4 Å². The quantitative estimate of drug-likeness (QED) is 0.801. The first-order valence-electron chi connectivity index (χ1n) is 6.96. The number of aromatic nitrogens is 3. The SMILES string of the molecule is CN(C)c1ncc(NC(=O)Cn2ccc3ccccc32)cn1. The molecule has 0 atom stereocenters. The molecule has 6 nitrogen and oxygen atoms in total. The summed E-state index contributed by atoms with van der Waals surface area (Å²) < 4.78 is 1.92. The van der Waals surface area contributed by atoms with Gasteiger partial charge in [0.15, 0.2) is 0 Å². The van der Waals surface area contributed by atoms with E-state index in [1.165, 1.54) is 0 Å². The van der Waals surface area contributed by atoms with Crippen LogP contribution in [0.5, 0.6) is 0 Å². The molecular formula is C16H17N5O. The Morgan fingerprint density at radius 1 is 1.18 bits per heavy atom. The Hall–Kier alpha value is -2.89. The molecule has 0 fully saturated rings. The zero-order valence-corrected chi connectivity index (χ0v) is 12.5. The van der Waals surface area contributed by atoms with Crippen molar-refractivity contribution in [3.63, 3.8) is 0 Å². The van der Waals surface area contributed by atoms with E-state index in [4.69, 9.17) is 0 Å². The predicted octanol–water partition coefficient (Wildman–Crippen LogP) is 2.14. The van der Waals surface area contributed by atoms with Crippen LogP contribution in [-0.2, 0) is 11.3 Å². The number of benzene rings is 1. The van der Waals surface area contributed by atoms with Crippen molar-refractivity contribution in [2.24, 2.45) is 0 Å². The van der Waals surface area contributed by atoms with Crippen LogP contribution < -0.4 is 10.2 Å². The van der Waals surface area contributed by atoms with Crippen LogP contribution in [0.4, 0.5) is 11.6 Å². The highest BCUT2D eigenvalue weighted by molar-refractivity contribution is 5.91. The highest BCUT2D eigenvalue weighted by atomic mass is 16.1. The molecule has 1 aromatic carbocycles.